The van der Waals surface area contributed by atoms with Gasteiger partial charge in [0, 0.05) is 19.1 Å². The van der Waals surface area contributed by atoms with Gasteiger partial charge >= 0.3 is 5.97 Å². The lowest BCUT2D eigenvalue weighted by atomic mass is 9.90. The standard InChI is InChI=1S/C38H56O7/c1-4-5-13-27(2)34(44-36-16-9-11-20-42-36)19-18-31-32-23-29(22-30(32)24-35(31)45-37-17-10-12-21-43-37)33(38(39)40-3)26-41-25-28-14-7-6-8-15-28/h6-8,14-15,18-19,23,27,30-37H,4-5,9-13,16-17,20-22,24-26H2,1-3H3/b19-18+/t27?,30-,31+,32-,33?,34+,35+,36?,37?/m0/s1. The summed E-state index contributed by atoms with van der Waals surface area (Å²) in [4.78, 5) is 13.0. The largest absolute Gasteiger partial charge is 0.468 e. The number of allylic oxidation sites excluding steroid dienone is 1. The van der Waals surface area contributed by atoms with E-state index in [0.29, 0.717) is 25.0 Å². The number of hydrogen-bond donors (Lipinski definition) is 0. The summed E-state index contributed by atoms with van der Waals surface area (Å²) in [6.07, 6.45) is 18.5. The van der Waals surface area contributed by atoms with Crippen molar-refractivity contribution < 1.29 is 33.2 Å². The number of ether oxygens (including phenoxy) is 6. The molecular formula is C38H56O7. The Hall–Kier alpha value is -2.03. The van der Waals surface area contributed by atoms with E-state index in [9.17, 15) is 4.79 Å². The zero-order chi connectivity index (χ0) is 31.4. The number of carbonyl (C=O) groups is 1. The fraction of sp³-hybridized carbons (Fsp3) is 0.711. The van der Waals surface area contributed by atoms with E-state index in [1.165, 1.54) is 20.0 Å². The molecular weight excluding hydrogens is 568 g/mol. The molecule has 0 radical (unpaired) electrons. The van der Waals surface area contributed by atoms with Gasteiger partial charge < -0.3 is 28.4 Å². The molecule has 4 aliphatic rings. The van der Waals surface area contributed by atoms with Gasteiger partial charge in [-0.15, -0.1) is 0 Å². The second-order valence-corrected chi connectivity index (χ2v) is 13.5. The first-order valence-electron chi connectivity index (χ1n) is 17.7. The van der Waals surface area contributed by atoms with Crippen molar-refractivity contribution in [3.05, 3.63) is 59.7 Å². The van der Waals surface area contributed by atoms with E-state index in [-0.39, 0.29) is 42.6 Å². The van der Waals surface area contributed by atoms with Crippen molar-refractivity contribution in [2.45, 2.75) is 116 Å². The summed E-state index contributed by atoms with van der Waals surface area (Å²) in [5, 5.41) is 0. The molecule has 7 nitrogen and oxygen atoms in total. The maximum absolute atomic E-state index is 13.0. The van der Waals surface area contributed by atoms with Gasteiger partial charge in [-0.3, -0.25) is 4.79 Å². The molecule has 0 amide bonds. The molecule has 3 fully saturated rings. The highest BCUT2D eigenvalue weighted by atomic mass is 16.7. The number of carbonyl (C=O) groups excluding carboxylic acids is 1. The Bertz CT molecular complexity index is 1070. The summed E-state index contributed by atoms with van der Waals surface area (Å²) < 4.78 is 36.7. The third kappa shape index (κ3) is 9.74. The molecule has 9 atom stereocenters. The van der Waals surface area contributed by atoms with Crippen LogP contribution in [0.25, 0.3) is 0 Å². The van der Waals surface area contributed by atoms with Crippen molar-refractivity contribution in [2.75, 3.05) is 26.9 Å². The van der Waals surface area contributed by atoms with Gasteiger partial charge in [0.25, 0.3) is 0 Å². The number of fused-ring (bicyclic) bond motifs is 1. The zero-order valence-corrected chi connectivity index (χ0v) is 27.8. The summed E-state index contributed by atoms with van der Waals surface area (Å²) in [5.41, 5.74) is 2.23. The van der Waals surface area contributed by atoms with Gasteiger partial charge in [0.05, 0.1) is 32.5 Å². The Balaban J connectivity index is 1.33. The van der Waals surface area contributed by atoms with Crippen molar-refractivity contribution in [1.82, 2.24) is 0 Å². The number of benzene rings is 1. The zero-order valence-electron chi connectivity index (χ0n) is 27.8. The first kappa shape index (κ1) is 34.3. The summed E-state index contributed by atoms with van der Waals surface area (Å²) >= 11 is 0. The Morgan fingerprint density at radius 2 is 1.80 bits per heavy atom. The molecule has 1 saturated carbocycles. The molecule has 1 aromatic carbocycles. The van der Waals surface area contributed by atoms with Gasteiger partial charge in [-0.05, 0) is 81.1 Å². The summed E-state index contributed by atoms with van der Waals surface area (Å²) in [6.45, 7) is 6.88. The number of hydrogen-bond acceptors (Lipinski definition) is 7. The van der Waals surface area contributed by atoms with E-state index in [1.807, 2.05) is 30.3 Å². The monoisotopic (exact) mass is 624 g/mol. The van der Waals surface area contributed by atoms with Crippen LogP contribution in [0.1, 0.15) is 90.0 Å². The molecule has 0 bridgehead atoms. The topological polar surface area (TPSA) is 72.5 Å². The molecule has 7 heteroatoms. The molecule has 0 N–H and O–H groups in total. The Morgan fingerprint density at radius 1 is 1.04 bits per heavy atom. The number of methoxy groups -OCH3 is 1. The molecule has 2 heterocycles. The van der Waals surface area contributed by atoms with Crippen LogP contribution in [0.4, 0.5) is 0 Å². The van der Waals surface area contributed by atoms with Crippen molar-refractivity contribution in [3.63, 3.8) is 0 Å². The average Bonchev–Trinajstić information content (AvgIpc) is 3.62. The molecule has 5 rings (SSSR count). The second-order valence-electron chi connectivity index (χ2n) is 13.5. The Labute approximate surface area is 271 Å². The molecule has 45 heavy (non-hydrogen) atoms. The van der Waals surface area contributed by atoms with Crippen LogP contribution in [0.3, 0.4) is 0 Å². The highest BCUT2D eigenvalue weighted by Gasteiger charge is 2.47. The van der Waals surface area contributed by atoms with Gasteiger partial charge in [0.2, 0.25) is 0 Å². The summed E-state index contributed by atoms with van der Waals surface area (Å²) in [6, 6.07) is 10.1. The summed E-state index contributed by atoms with van der Waals surface area (Å²) in [5.74, 6) is 0.634. The predicted molar refractivity (Wildman–Crippen MR) is 174 cm³/mol. The number of esters is 1. The van der Waals surface area contributed by atoms with E-state index in [2.05, 4.69) is 32.1 Å². The van der Waals surface area contributed by atoms with Gasteiger partial charge in [-0.25, -0.2) is 0 Å². The smallest absolute Gasteiger partial charge is 0.315 e. The average molecular weight is 625 g/mol. The SMILES string of the molecule is CCCCC(C)[C@@H](/C=C/[C@@H]1[C@H]2C=C(C(COCc3ccccc3)C(=O)OC)C[C@H]2C[C@H]1OC1CCCCO1)OC1CCCCO1. The second kappa shape index (κ2) is 17.8. The van der Waals surface area contributed by atoms with Gasteiger partial charge in [0.15, 0.2) is 12.6 Å². The molecule has 250 valence electrons. The van der Waals surface area contributed by atoms with E-state index in [4.69, 9.17) is 28.4 Å². The quantitative estimate of drug-likeness (QED) is 0.137. The molecule has 0 aromatic heterocycles. The van der Waals surface area contributed by atoms with Crippen LogP contribution in [0.2, 0.25) is 0 Å². The number of rotatable bonds is 16. The fourth-order valence-electron chi connectivity index (χ4n) is 7.56. The van der Waals surface area contributed by atoms with Crippen LogP contribution in [0.5, 0.6) is 0 Å². The van der Waals surface area contributed by atoms with E-state index < -0.39 is 5.92 Å². The molecule has 2 aliphatic heterocycles. The van der Waals surface area contributed by atoms with Crippen LogP contribution in [0.15, 0.2) is 54.1 Å². The molecule has 4 unspecified atom stereocenters. The Morgan fingerprint density at radius 3 is 2.49 bits per heavy atom. The third-order valence-electron chi connectivity index (χ3n) is 10.2. The van der Waals surface area contributed by atoms with Crippen molar-refractivity contribution in [2.24, 2.45) is 29.6 Å². The van der Waals surface area contributed by atoms with Gasteiger partial charge in [-0.2, -0.15) is 0 Å². The first-order chi connectivity index (χ1) is 22.1. The normalized spacial score (nSPS) is 30.5. The predicted octanol–water partition coefficient (Wildman–Crippen LogP) is 7.78. The molecule has 2 saturated heterocycles. The van der Waals surface area contributed by atoms with Gasteiger partial charge in [0.1, 0.15) is 5.92 Å². The molecule has 0 spiro atoms. The lowest BCUT2D eigenvalue weighted by molar-refractivity contribution is -0.193. The minimum Gasteiger partial charge on any atom is -0.468 e. The maximum atomic E-state index is 13.0. The third-order valence-corrected chi connectivity index (χ3v) is 10.2. The highest BCUT2D eigenvalue weighted by molar-refractivity contribution is 5.76. The van der Waals surface area contributed by atoms with Crippen molar-refractivity contribution in [1.29, 1.82) is 0 Å². The minimum atomic E-state index is -0.399. The van der Waals surface area contributed by atoms with Crippen LogP contribution < -0.4 is 0 Å². The van der Waals surface area contributed by atoms with E-state index in [0.717, 1.165) is 82.1 Å². The van der Waals surface area contributed by atoms with Crippen LogP contribution >= 0.6 is 0 Å². The summed E-state index contributed by atoms with van der Waals surface area (Å²) in [7, 11) is 1.47. The fourth-order valence-corrected chi connectivity index (χ4v) is 7.56. The van der Waals surface area contributed by atoms with Crippen LogP contribution in [0, 0.1) is 29.6 Å². The maximum Gasteiger partial charge on any atom is 0.315 e. The minimum absolute atomic E-state index is 0.00987. The number of unbranched alkanes of at least 4 members (excludes halogenated alkanes) is 1. The lowest BCUT2D eigenvalue weighted by Crippen LogP contribution is -2.32. The van der Waals surface area contributed by atoms with Crippen LogP contribution in [-0.2, 0) is 39.8 Å². The molecule has 1 aromatic rings. The Kier molecular flexibility index (Phi) is 13.5. The molecule has 2 aliphatic carbocycles. The van der Waals surface area contributed by atoms with Crippen molar-refractivity contribution >= 4 is 5.97 Å². The van der Waals surface area contributed by atoms with Crippen molar-refractivity contribution in [3.8, 4) is 0 Å². The highest BCUT2D eigenvalue weighted by Crippen LogP contribution is 2.50. The van der Waals surface area contributed by atoms with Gasteiger partial charge in [-0.1, -0.05) is 80.8 Å². The lowest BCUT2D eigenvalue weighted by Gasteiger charge is -2.31. The van der Waals surface area contributed by atoms with E-state index >= 15 is 0 Å². The van der Waals surface area contributed by atoms with E-state index in [1.54, 1.807) is 0 Å². The first-order valence-corrected chi connectivity index (χ1v) is 17.7. The van der Waals surface area contributed by atoms with Crippen LogP contribution in [-0.4, -0.2) is 57.7 Å².